The second kappa shape index (κ2) is 9.18. The van der Waals surface area contributed by atoms with Crippen molar-refractivity contribution in [3.05, 3.63) is 94.0 Å². The average Bonchev–Trinajstić information content (AvgIpc) is 2.81. The number of Topliss-reactive ketones (excluding diaryl/α,β-unsaturated/α-hetero) is 1. The number of ketones is 1. The summed E-state index contributed by atoms with van der Waals surface area (Å²) in [5, 5.41) is 1.88. The lowest BCUT2D eigenvalue weighted by atomic mass is 9.98. The molecule has 3 aromatic rings. The Bertz CT molecular complexity index is 1220. The summed E-state index contributed by atoms with van der Waals surface area (Å²) in [6, 6.07) is 12.6. The van der Waals surface area contributed by atoms with E-state index in [1.807, 2.05) is 6.07 Å². The van der Waals surface area contributed by atoms with E-state index in [9.17, 15) is 18.2 Å². The maximum atomic E-state index is 13.8. The highest BCUT2D eigenvalue weighted by atomic mass is 35.5. The highest BCUT2D eigenvalue weighted by molar-refractivity contribution is 7.88. The Kier molecular flexibility index (Phi) is 6.34. The SMILES string of the molecule is CN1c2ccc(C(=O)NCc3cccnc3)cc2C(=O)C(Cc2ccc(Cl)c(F)c2)S1=O. The summed E-state index contributed by atoms with van der Waals surface area (Å²) < 4.78 is 28.3. The minimum absolute atomic E-state index is 0.0192. The van der Waals surface area contributed by atoms with E-state index in [1.165, 1.54) is 22.5 Å². The van der Waals surface area contributed by atoms with Crippen molar-refractivity contribution in [2.75, 3.05) is 11.4 Å². The Morgan fingerprint density at radius 2 is 2.03 bits per heavy atom. The highest BCUT2D eigenvalue weighted by Crippen LogP contribution is 2.32. The number of hydrogen-bond acceptors (Lipinski definition) is 4. The fourth-order valence-electron chi connectivity index (χ4n) is 3.53. The third-order valence-corrected chi connectivity index (χ3v) is 7.16. The van der Waals surface area contributed by atoms with Crippen LogP contribution in [0.25, 0.3) is 0 Å². The second-order valence-electron chi connectivity index (χ2n) is 7.35. The number of nitrogens with one attached hydrogen (secondary N) is 1. The predicted octanol–water partition coefficient (Wildman–Crippen LogP) is 3.71. The van der Waals surface area contributed by atoms with Crippen molar-refractivity contribution in [1.29, 1.82) is 0 Å². The number of anilines is 1. The van der Waals surface area contributed by atoms with E-state index in [2.05, 4.69) is 10.3 Å². The molecule has 2 atom stereocenters. The second-order valence-corrected chi connectivity index (χ2v) is 9.43. The molecule has 0 radical (unpaired) electrons. The van der Waals surface area contributed by atoms with Crippen LogP contribution in [0.2, 0.25) is 5.02 Å². The van der Waals surface area contributed by atoms with Gasteiger partial charge in [0.1, 0.15) is 22.1 Å². The molecule has 0 bridgehead atoms. The molecule has 0 saturated heterocycles. The molecule has 32 heavy (non-hydrogen) atoms. The zero-order valence-electron chi connectivity index (χ0n) is 17.0. The van der Waals surface area contributed by atoms with Crippen LogP contribution in [0.15, 0.2) is 60.9 Å². The summed E-state index contributed by atoms with van der Waals surface area (Å²) in [5.74, 6) is -1.29. The fraction of sp³-hybridized carbons (Fsp3) is 0.174. The molecule has 9 heteroatoms. The number of amides is 1. The maximum absolute atomic E-state index is 13.8. The van der Waals surface area contributed by atoms with Crippen LogP contribution < -0.4 is 9.62 Å². The summed E-state index contributed by atoms with van der Waals surface area (Å²) in [7, 11) is -0.0275. The van der Waals surface area contributed by atoms with Crippen molar-refractivity contribution in [2.24, 2.45) is 0 Å². The molecule has 4 rings (SSSR count). The Morgan fingerprint density at radius 1 is 1.22 bits per heavy atom. The van der Waals surface area contributed by atoms with Crippen molar-refractivity contribution in [1.82, 2.24) is 10.3 Å². The molecule has 2 unspecified atom stereocenters. The van der Waals surface area contributed by atoms with Gasteiger partial charge in [0.2, 0.25) is 0 Å². The smallest absolute Gasteiger partial charge is 0.251 e. The average molecular weight is 472 g/mol. The predicted molar refractivity (Wildman–Crippen MR) is 122 cm³/mol. The lowest BCUT2D eigenvalue weighted by Gasteiger charge is -2.31. The van der Waals surface area contributed by atoms with E-state index in [0.29, 0.717) is 28.9 Å². The number of hydrogen-bond donors (Lipinski definition) is 1. The molecule has 0 spiro atoms. The molecule has 1 aliphatic rings. The van der Waals surface area contributed by atoms with E-state index in [-0.39, 0.29) is 23.1 Å². The van der Waals surface area contributed by atoms with Gasteiger partial charge < -0.3 is 5.32 Å². The molecule has 2 heterocycles. The van der Waals surface area contributed by atoms with Gasteiger partial charge in [0.25, 0.3) is 5.91 Å². The van der Waals surface area contributed by atoms with Gasteiger partial charge in [0.05, 0.1) is 10.7 Å². The zero-order chi connectivity index (χ0) is 22.8. The molecule has 164 valence electrons. The maximum Gasteiger partial charge on any atom is 0.251 e. The first kappa shape index (κ1) is 22.1. The molecule has 0 aliphatic carbocycles. The van der Waals surface area contributed by atoms with Gasteiger partial charge in [0, 0.05) is 37.1 Å². The number of carbonyl (C=O) groups is 2. The van der Waals surface area contributed by atoms with Crippen molar-refractivity contribution in [3.8, 4) is 0 Å². The van der Waals surface area contributed by atoms with Gasteiger partial charge in [-0.1, -0.05) is 23.7 Å². The molecule has 0 saturated carbocycles. The lowest BCUT2D eigenvalue weighted by molar-refractivity contribution is 0.0951. The number of fused-ring (bicyclic) bond motifs is 1. The van der Waals surface area contributed by atoms with Gasteiger partial charge in [-0.25, -0.2) is 8.60 Å². The van der Waals surface area contributed by atoms with Gasteiger partial charge in [-0.2, -0.15) is 0 Å². The van der Waals surface area contributed by atoms with Crippen molar-refractivity contribution >= 4 is 40.0 Å². The van der Waals surface area contributed by atoms with Gasteiger partial charge in [-0.15, -0.1) is 0 Å². The summed E-state index contributed by atoms with van der Waals surface area (Å²) in [6.45, 7) is 0.298. The number of halogens is 2. The van der Waals surface area contributed by atoms with E-state index in [0.717, 1.165) is 5.56 Å². The quantitative estimate of drug-likeness (QED) is 0.615. The van der Waals surface area contributed by atoms with E-state index >= 15 is 0 Å². The molecule has 0 fully saturated rings. The van der Waals surface area contributed by atoms with Crippen LogP contribution >= 0.6 is 11.6 Å². The van der Waals surface area contributed by atoms with E-state index in [4.69, 9.17) is 11.6 Å². The third-order valence-electron chi connectivity index (χ3n) is 5.25. The number of benzene rings is 2. The first-order valence-electron chi connectivity index (χ1n) is 9.79. The largest absolute Gasteiger partial charge is 0.348 e. The Morgan fingerprint density at radius 3 is 2.75 bits per heavy atom. The van der Waals surface area contributed by atoms with Crippen LogP contribution in [0.4, 0.5) is 10.1 Å². The number of nitrogens with zero attached hydrogens (tertiary/aromatic N) is 2. The molecule has 2 aromatic carbocycles. The number of aromatic nitrogens is 1. The van der Waals surface area contributed by atoms with Crippen LogP contribution in [0.5, 0.6) is 0 Å². The van der Waals surface area contributed by atoms with Gasteiger partial charge >= 0.3 is 0 Å². The van der Waals surface area contributed by atoms with Crippen LogP contribution in [0, 0.1) is 5.82 Å². The summed E-state index contributed by atoms with van der Waals surface area (Å²) >= 11 is 5.73. The van der Waals surface area contributed by atoms with Gasteiger partial charge in [0.15, 0.2) is 5.78 Å². The molecule has 1 amide bonds. The van der Waals surface area contributed by atoms with Crippen LogP contribution in [0.3, 0.4) is 0 Å². The summed E-state index contributed by atoms with van der Waals surface area (Å²) in [6.07, 6.45) is 3.39. The van der Waals surface area contributed by atoms with Crippen LogP contribution in [0.1, 0.15) is 31.8 Å². The van der Waals surface area contributed by atoms with E-state index in [1.54, 1.807) is 43.7 Å². The van der Waals surface area contributed by atoms with E-state index < -0.39 is 22.1 Å². The Balaban J connectivity index is 1.57. The highest BCUT2D eigenvalue weighted by Gasteiger charge is 2.37. The Labute approximate surface area is 192 Å². The van der Waals surface area contributed by atoms with Gasteiger partial charge in [-0.3, -0.25) is 18.9 Å². The summed E-state index contributed by atoms with van der Waals surface area (Å²) in [5.41, 5.74) is 2.47. The third kappa shape index (κ3) is 4.42. The first-order chi connectivity index (χ1) is 15.3. The normalized spacial score (nSPS) is 17.7. The molecule has 1 aromatic heterocycles. The zero-order valence-corrected chi connectivity index (χ0v) is 18.6. The molecule has 1 N–H and O–H groups in total. The number of rotatable bonds is 5. The summed E-state index contributed by atoms with van der Waals surface area (Å²) in [4.78, 5) is 29.8. The Hall–Kier alpha value is -3.10. The monoisotopic (exact) mass is 471 g/mol. The van der Waals surface area contributed by atoms with Crippen LogP contribution in [-0.4, -0.2) is 33.2 Å². The van der Waals surface area contributed by atoms with Gasteiger partial charge in [-0.05, 0) is 53.9 Å². The minimum atomic E-state index is -1.65. The number of carbonyl (C=O) groups excluding carboxylic acids is 2. The standard InChI is InChI=1S/C23H19ClFN3O3S/c1-28-20-7-5-16(23(30)27-13-15-3-2-8-26-12-15)11-17(20)22(29)21(32(28)31)10-14-4-6-18(24)19(25)9-14/h2-9,11-12,21H,10,13H2,1H3,(H,27,30). The van der Waals surface area contributed by atoms with Crippen molar-refractivity contribution in [3.63, 3.8) is 0 Å². The molecular weight excluding hydrogens is 453 g/mol. The topological polar surface area (TPSA) is 79.4 Å². The first-order valence-corrected chi connectivity index (χ1v) is 11.3. The molecular formula is C23H19ClFN3O3S. The minimum Gasteiger partial charge on any atom is -0.348 e. The van der Waals surface area contributed by atoms with Crippen molar-refractivity contribution < 1.29 is 18.2 Å². The lowest BCUT2D eigenvalue weighted by Crippen LogP contribution is -2.42. The molecule has 1 aliphatic heterocycles. The van der Waals surface area contributed by atoms with Crippen molar-refractivity contribution in [2.45, 2.75) is 18.2 Å². The van der Waals surface area contributed by atoms with Crippen LogP contribution in [-0.2, 0) is 24.0 Å². The fourth-order valence-corrected chi connectivity index (χ4v) is 5.03. The molecule has 6 nitrogen and oxygen atoms in total. The number of pyridine rings is 1.